The molecule has 32 heavy (non-hydrogen) atoms. The number of nitrogens with one attached hydrogen (secondary N) is 1. The zero-order valence-electron chi connectivity index (χ0n) is 17.4. The quantitative estimate of drug-likeness (QED) is 0.272. The van der Waals surface area contributed by atoms with Crippen LogP contribution >= 0.6 is 34.7 Å². The molecule has 0 fully saturated rings. The molecular weight excluding hydrogens is 466 g/mol. The van der Waals surface area contributed by atoms with E-state index in [-0.39, 0.29) is 11.5 Å². The first-order valence-electron chi connectivity index (χ1n) is 9.86. The molecule has 2 aromatic carbocycles. The normalized spacial score (nSPS) is 12.0. The number of fused-ring (bicyclic) bond motifs is 1. The van der Waals surface area contributed by atoms with Crippen molar-refractivity contribution in [3.63, 3.8) is 0 Å². The number of hydrogen-bond donors (Lipinski definition) is 1. The molecule has 1 N–H and O–H groups in total. The second-order valence-electron chi connectivity index (χ2n) is 6.83. The van der Waals surface area contributed by atoms with Crippen LogP contribution in [-0.2, 0) is 11.3 Å². The van der Waals surface area contributed by atoms with Crippen LogP contribution < -0.4 is 15.6 Å². The molecule has 1 amide bonds. The summed E-state index contributed by atoms with van der Waals surface area (Å²) in [6.07, 6.45) is 0. The van der Waals surface area contributed by atoms with Crippen molar-refractivity contribution in [3.05, 3.63) is 80.9 Å². The number of benzene rings is 2. The molecule has 0 saturated heterocycles. The number of carbonyl (C=O) groups excluding carboxylic acids is 1. The van der Waals surface area contributed by atoms with E-state index < -0.39 is 5.25 Å². The predicted octanol–water partition coefficient (Wildman–Crippen LogP) is 5.61. The van der Waals surface area contributed by atoms with Gasteiger partial charge in [-0.2, -0.15) is 0 Å². The van der Waals surface area contributed by atoms with E-state index in [0.717, 1.165) is 5.56 Å². The van der Waals surface area contributed by atoms with Gasteiger partial charge in [0.25, 0.3) is 5.56 Å². The third-order valence-corrected chi connectivity index (χ3v) is 7.26. The van der Waals surface area contributed by atoms with E-state index in [9.17, 15) is 9.59 Å². The van der Waals surface area contributed by atoms with Crippen molar-refractivity contribution < 1.29 is 9.53 Å². The standard InChI is InChI=1S/C23H20ClN3O3S2/c1-3-27-22(29)20-17(11-12-31-20)26-23(27)32-19(14-7-5-4-6-8-14)21(28)25-15-9-10-18(30-2)16(24)13-15/h4-13,19H,3H2,1-2H3,(H,25,28). The summed E-state index contributed by atoms with van der Waals surface area (Å²) in [5, 5.41) is 5.05. The van der Waals surface area contributed by atoms with Crippen molar-refractivity contribution in [1.82, 2.24) is 9.55 Å². The predicted molar refractivity (Wildman–Crippen MR) is 131 cm³/mol. The number of ether oxygens (including phenoxy) is 1. The van der Waals surface area contributed by atoms with Gasteiger partial charge in [0.05, 0.1) is 17.6 Å². The van der Waals surface area contributed by atoms with Crippen LogP contribution in [0.3, 0.4) is 0 Å². The van der Waals surface area contributed by atoms with Crippen LogP contribution in [0, 0.1) is 0 Å². The van der Waals surface area contributed by atoms with Gasteiger partial charge in [-0.1, -0.05) is 53.7 Å². The molecule has 0 saturated carbocycles. The third kappa shape index (κ3) is 4.53. The summed E-state index contributed by atoms with van der Waals surface area (Å²) < 4.78 is 7.40. The number of halogens is 1. The van der Waals surface area contributed by atoms with Crippen LogP contribution in [0.1, 0.15) is 17.7 Å². The van der Waals surface area contributed by atoms with Gasteiger partial charge in [0.1, 0.15) is 15.7 Å². The average molecular weight is 486 g/mol. The van der Waals surface area contributed by atoms with E-state index in [4.69, 9.17) is 16.3 Å². The summed E-state index contributed by atoms with van der Waals surface area (Å²) >= 11 is 8.84. The lowest BCUT2D eigenvalue weighted by atomic mass is 10.1. The lowest BCUT2D eigenvalue weighted by Crippen LogP contribution is -2.24. The molecule has 1 atom stereocenters. The van der Waals surface area contributed by atoms with Gasteiger partial charge < -0.3 is 10.1 Å². The van der Waals surface area contributed by atoms with Gasteiger partial charge in [-0.05, 0) is 42.1 Å². The molecule has 0 spiro atoms. The fraction of sp³-hybridized carbons (Fsp3) is 0.174. The summed E-state index contributed by atoms with van der Waals surface area (Å²) in [6.45, 7) is 2.35. The first-order valence-corrected chi connectivity index (χ1v) is 12.0. The highest BCUT2D eigenvalue weighted by molar-refractivity contribution is 8.00. The molecule has 0 aliphatic carbocycles. The Balaban J connectivity index is 1.71. The molecule has 0 radical (unpaired) electrons. The SMILES string of the molecule is CCn1c(SC(C(=O)Nc2ccc(OC)c(Cl)c2)c2ccccc2)nc2ccsc2c1=O. The molecule has 0 aliphatic heterocycles. The Labute approximate surface area is 198 Å². The minimum absolute atomic E-state index is 0.0934. The van der Waals surface area contributed by atoms with Crippen LogP contribution in [0.25, 0.3) is 10.2 Å². The first kappa shape index (κ1) is 22.4. The summed E-state index contributed by atoms with van der Waals surface area (Å²) in [6, 6.07) is 16.3. The van der Waals surface area contributed by atoms with Crippen molar-refractivity contribution >= 4 is 56.5 Å². The average Bonchev–Trinajstić information content (AvgIpc) is 3.27. The highest BCUT2D eigenvalue weighted by Crippen LogP contribution is 2.36. The van der Waals surface area contributed by atoms with E-state index in [1.807, 2.05) is 48.7 Å². The molecular formula is C23H20ClN3O3S2. The van der Waals surface area contributed by atoms with Crippen LogP contribution in [0.5, 0.6) is 5.75 Å². The molecule has 6 nitrogen and oxygen atoms in total. The number of aromatic nitrogens is 2. The lowest BCUT2D eigenvalue weighted by molar-refractivity contribution is -0.115. The number of thioether (sulfide) groups is 1. The minimum Gasteiger partial charge on any atom is -0.495 e. The Hall–Kier alpha value is -2.81. The molecule has 2 aromatic heterocycles. The van der Waals surface area contributed by atoms with Crippen molar-refractivity contribution in [3.8, 4) is 5.75 Å². The zero-order valence-corrected chi connectivity index (χ0v) is 19.8. The third-order valence-electron chi connectivity index (χ3n) is 4.83. The van der Waals surface area contributed by atoms with Crippen LogP contribution in [0.4, 0.5) is 5.69 Å². The maximum absolute atomic E-state index is 13.4. The maximum Gasteiger partial charge on any atom is 0.272 e. The van der Waals surface area contributed by atoms with Gasteiger partial charge in [0.15, 0.2) is 5.16 Å². The highest BCUT2D eigenvalue weighted by atomic mass is 35.5. The molecule has 9 heteroatoms. The van der Waals surface area contributed by atoms with E-state index in [0.29, 0.717) is 38.4 Å². The Bertz CT molecular complexity index is 1320. The molecule has 0 aliphatic rings. The largest absolute Gasteiger partial charge is 0.495 e. The smallest absolute Gasteiger partial charge is 0.272 e. The number of hydrogen-bond acceptors (Lipinski definition) is 6. The van der Waals surface area contributed by atoms with Crippen LogP contribution in [0.15, 0.2) is 69.9 Å². The van der Waals surface area contributed by atoms with Gasteiger partial charge >= 0.3 is 0 Å². The fourth-order valence-corrected chi connectivity index (χ4v) is 5.45. The fourth-order valence-electron chi connectivity index (χ4n) is 3.25. The minimum atomic E-state index is -0.627. The summed E-state index contributed by atoms with van der Waals surface area (Å²) in [7, 11) is 1.53. The van der Waals surface area contributed by atoms with Crippen LogP contribution in [0.2, 0.25) is 5.02 Å². The van der Waals surface area contributed by atoms with Crippen molar-refractivity contribution in [1.29, 1.82) is 0 Å². The Kier molecular flexibility index (Phi) is 6.83. The van der Waals surface area contributed by atoms with Crippen molar-refractivity contribution in [2.45, 2.75) is 23.9 Å². The molecule has 4 rings (SSSR count). The van der Waals surface area contributed by atoms with E-state index >= 15 is 0 Å². The van der Waals surface area contributed by atoms with Crippen molar-refractivity contribution in [2.75, 3.05) is 12.4 Å². The summed E-state index contributed by atoms with van der Waals surface area (Å²) in [4.78, 5) is 31.0. The molecule has 2 heterocycles. The number of methoxy groups -OCH3 is 1. The van der Waals surface area contributed by atoms with Gasteiger partial charge in [-0.25, -0.2) is 4.98 Å². The number of anilines is 1. The second kappa shape index (κ2) is 9.77. The first-order chi connectivity index (χ1) is 15.5. The molecule has 1 unspecified atom stereocenters. The molecule has 4 aromatic rings. The van der Waals surface area contributed by atoms with Crippen molar-refractivity contribution in [2.24, 2.45) is 0 Å². The van der Waals surface area contributed by atoms with E-state index in [1.54, 1.807) is 22.8 Å². The number of nitrogens with zero attached hydrogens (tertiary/aromatic N) is 2. The van der Waals surface area contributed by atoms with Gasteiger partial charge in [-0.15, -0.1) is 11.3 Å². The van der Waals surface area contributed by atoms with Gasteiger partial charge in [0.2, 0.25) is 5.91 Å². The van der Waals surface area contributed by atoms with Crippen LogP contribution in [-0.4, -0.2) is 22.6 Å². The second-order valence-corrected chi connectivity index (χ2v) is 9.22. The number of carbonyl (C=O) groups is 1. The highest BCUT2D eigenvalue weighted by Gasteiger charge is 2.25. The zero-order chi connectivity index (χ0) is 22.7. The van der Waals surface area contributed by atoms with E-state index in [2.05, 4.69) is 10.3 Å². The van der Waals surface area contributed by atoms with Gasteiger partial charge in [-0.3, -0.25) is 14.2 Å². The van der Waals surface area contributed by atoms with Gasteiger partial charge in [0, 0.05) is 12.2 Å². The summed E-state index contributed by atoms with van der Waals surface area (Å²) in [5.74, 6) is 0.281. The topological polar surface area (TPSA) is 73.2 Å². The Morgan fingerprint density at radius 2 is 2.03 bits per heavy atom. The maximum atomic E-state index is 13.4. The molecule has 0 bridgehead atoms. The Morgan fingerprint density at radius 3 is 2.72 bits per heavy atom. The number of amides is 1. The number of rotatable bonds is 7. The number of thiophene rings is 1. The lowest BCUT2D eigenvalue weighted by Gasteiger charge is -2.19. The molecule has 164 valence electrons. The monoisotopic (exact) mass is 485 g/mol. The Morgan fingerprint density at radius 1 is 1.25 bits per heavy atom. The summed E-state index contributed by atoms with van der Waals surface area (Å²) in [5.41, 5.74) is 1.90. The van der Waals surface area contributed by atoms with E-state index in [1.165, 1.54) is 30.2 Å².